The number of nitrogens with zero attached hydrogens (tertiary/aromatic N) is 4. The lowest BCUT2D eigenvalue weighted by Crippen LogP contribution is -2.35. The molecule has 158 valence electrons. The van der Waals surface area contributed by atoms with Crippen LogP contribution in [0.2, 0.25) is 0 Å². The van der Waals surface area contributed by atoms with Gasteiger partial charge in [0, 0.05) is 55.4 Å². The molecule has 2 aliphatic heterocycles. The van der Waals surface area contributed by atoms with Crippen LogP contribution in [0.25, 0.3) is 0 Å². The van der Waals surface area contributed by atoms with Gasteiger partial charge in [-0.15, -0.1) is 5.10 Å². The number of halogens is 1. The van der Waals surface area contributed by atoms with Crippen LogP contribution < -0.4 is 20.4 Å². The molecular formula is C21H25BrN6O2. The molecule has 2 saturated heterocycles. The van der Waals surface area contributed by atoms with Gasteiger partial charge in [0.15, 0.2) is 5.82 Å². The molecule has 30 heavy (non-hydrogen) atoms. The van der Waals surface area contributed by atoms with Gasteiger partial charge in [-0.1, -0.05) is 22.0 Å². The predicted octanol–water partition coefficient (Wildman–Crippen LogP) is 2.42. The lowest BCUT2D eigenvalue weighted by molar-refractivity contribution is -0.126. The fourth-order valence-corrected chi connectivity index (χ4v) is 4.28. The highest BCUT2D eigenvalue weighted by atomic mass is 79.9. The smallest absolute Gasteiger partial charge is 0.227 e. The van der Waals surface area contributed by atoms with E-state index in [1.54, 1.807) is 11.1 Å². The lowest BCUT2D eigenvalue weighted by Gasteiger charge is -2.18. The Morgan fingerprint density at radius 2 is 2.00 bits per heavy atom. The summed E-state index contributed by atoms with van der Waals surface area (Å²) in [6.07, 6.45) is 4.43. The van der Waals surface area contributed by atoms with Crippen LogP contribution in [0.3, 0.4) is 0 Å². The maximum absolute atomic E-state index is 12.5. The molecule has 8 nitrogen and oxygen atoms in total. The van der Waals surface area contributed by atoms with Crippen LogP contribution in [0.15, 0.2) is 41.0 Å². The number of carbonyl (C=O) groups excluding carboxylic acids is 2. The van der Waals surface area contributed by atoms with Crippen molar-refractivity contribution in [1.29, 1.82) is 0 Å². The van der Waals surface area contributed by atoms with E-state index in [1.807, 2.05) is 30.3 Å². The summed E-state index contributed by atoms with van der Waals surface area (Å²) in [5.74, 6) is 0.236. The highest BCUT2D eigenvalue weighted by Crippen LogP contribution is 2.27. The van der Waals surface area contributed by atoms with E-state index in [0.29, 0.717) is 25.5 Å². The van der Waals surface area contributed by atoms with Crippen LogP contribution in [0.1, 0.15) is 19.3 Å². The minimum Gasteiger partial charge on any atom is -0.370 e. The van der Waals surface area contributed by atoms with E-state index < -0.39 is 0 Å². The van der Waals surface area contributed by atoms with Crippen molar-refractivity contribution in [3.8, 4) is 0 Å². The number of benzene rings is 1. The molecule has 2 aliphatic rings. The molecule has 2 fully saturated rings. The number of hydrogen-bond acceptors (Lipinski definition) is 6. The van der Waals surface area contributed by atoms with Crippen LogP contribution in [-0.2, 0) is 9.59 Å². The predicted molar refractivity (Wildman–Crippen MR) is 120 cm³/mol. The monoisotopic (exact) mass is 472 g/mol. The number of carbonyl (C=O) groups is 2. The molecule has 1 aromatic heterocycles. The maximum atomic E-state index is 12.5. The van der Waals surface area contributed by atoms with Gasteiger partial charge < -0.3 is 20.4 Å². The van der Waals surface area contributed by atoms with Gasteiger partial charge in [-0.25, -0.2) is 0 Å². The van der Waals surface area contributed by atoms with Crippen LogP contribution >= 0.6 is 15.9 Å². The topological polar surface area (TPSA) is 90.5 Å². The molecule has 0 spiro atoms. The summed E-state index contributed by atoms with van der Waals surface area (Å²) < 4.78 is 0.906. The lowest BCUT2D eigenvalue weighted by atomic mass is 10.1. The van der Waals surface area contributed by atoms with Crippen molar-refractivity contribution in [1.82, 2.24) is 15.5 Å². The molecule has 3 heterocycles. The fourth-order valence-electron chi connectivity index (χ4n) is 3.89. The zero-order chi connectivity index (χ0) is 20.9. The molecular weight excluding hydrogens is 448 g/mol. The molecule has 1 unspecified atom stereocenters. The Morgan fingerprint density at radius 1 is 1.17 bits per heavy atom. The minimum absolute atomic E-state index is 0.0274. The van der Waals surface area contributed by atoms with E-state index in [4.69, 9.17) is 0 Å². The molecule has 1 atom stereocenters. The molecule has 1 aromatic carbocycles. The Kier molecular flexibility index (Phi) is 6.47. The van der Waals surface area contributed by atoms with Gasteiger partial charge in [0.25, 0.3) is 0 Å². The zero-order valence-electron chi connectivity index (χ0n) is 16.7. The highest BCUT2D eigenvalue weighted by Gasteiger charge is 2.35. The van der Waals surface area contributed by atoms with E-state index >= 15 is 0 Å². The van der Waals surface area contributed by atoms with Gasteiger partial charge in [0.2, 0.25) is 11.8 Å². The van der Waals surface area contributed by atoms with Crippen LogP contribution in [0.4, 0.5) is 17.2 Å². The average Bonchev–Trinajstić information content (AvgIpc) is 3.41. The average molecular weight is 473 g/mol. The van der Waals surface area contributed by atoms with Gasteiger partial charge in [0.1, 0.15) is 0 Å². The first-order valence-corrected chi connectivity index (χ1v) is 11.0. The van der Waals surface area contributed by atoms with E-state index in [-0.39, 0.29) is 24.2 Å². The van der Waals surface area contributed by atoms with Gasteiger partial charge >= 0.3 is 0 Å². The molecule has 4 rings (SSSR count). The second-order valence-electron chi connectivity index (χ2n) is 7.60. The van der Waals surface area contributed by atoms with Crippen molar-refractivity contribution in [2.45, 2.75) is 19.3 Å². The second-order valence-corrected chi connectivity index (χ2v) is 8.51. The summed E-state index contributed by atoms with van der Waals surface area (Å²) in [6, 6.07) is 9.55. The third-order valence-electron chi connectivity index (χ3n) is 5.46. The van der Waals surface area contributed by atoms with Crippen LogP contribution in [0, 0.1) is 5.92 Å². The summed E-state index contributed by atoms with van der Waals surface area (Å²) in [4.78, 5) is 28.8. The van der Waals surface area contributed by atoms with E-state index in [1.165, 1.54) is 12.8 Å². The van der Waals surface area contributed by atoms with Gasteiger partial charge in [-0.05, 0) is 31.0 Å². The molecule has 2 N–H and O–H groups in total. The Bertz CT molecular complexity index is 918. The fraction of sp³-hybridized carbons (Fsp3) is 0.429. The highest BCUT2D eigenvalue weighted by molar-refractivity contribution is 9.10. The Morgan fingerprint density at radius 3 is 2.80 bits per heavy atom. The quantitative estimate of drug-likeness (QED) is 0.601. The first-order valence-electron chi connectivity index (χ1n) is 10.3. The van der Waals surface area contributed by atoms with Crippen molar-refractivity contribution in [2.24, 2.45) is 5.92 Å². The standard InChI is InChI=1S/C21H25BrN6O2/c22-16-4-3-5-17(11-16)28-14-15(10-20(28)29)21(30)24-7-6-23-19-12-18(13-25-26-19)27-8-1-2-9-27/h3-5,11-13,15H,1-2,6-10,14H2,(H,23,26)(H,24,30). The van der Waals surface area contributed by atoms with Gasteiger partial charge in [-0.2, -0.15) is 5.10 Å². The normalized spacial score (nSPS) is 18.7. The number of hydrogen-bond donors (Lipinski definition) is 2. The SMILES string of the molecule is O=C(NCCNc1cc(N2CCCC2)cnn1)C1CC(=O)N(c2cccc(Br)c2)C1. The number of rotatable bonds is 7. The third-order valence-corrected chi connectivity index (χ3v) is 5.95. The van der Waals surface area contributed by atoms with Crippen molar-refractivity contribution in [3.05, 3.63) is 41.0 Å². The summed E-state index contributed by atoms with van der Waals surface area (Å²) >= 11 is 3.42. The number of nitrogens with one attached hydrogen (secondary N) is 2. The molecule has 0 radical (unpaired) electrons. The third kappa shape index (κ3) is 4.89. The number of aromatic nitrogens is 2. The van der Waals surface area contributed by atoms with E-state index in [2.05, 4.69) is 41.7 Å². The molecule has 0 aliphatic carbocycles. The Labute approximate surface area is 184 Å². The Balaban J connectivity index is 1.23. The maximum Gasteiger partial charge on any atom is 0.227 e. The summed E-state index contributed by atoms with van der Waals surface area (Å²) in [6.45, 7) is 3.50. The van der Waals surface area contributed by atoms with E-state index in [9.17, 15) is 9.59 Å². The Hall–Kier alpha value is -2.68. The summed E-state index contributed by atoms with van der Waals surface area (Å²) in [5.41, 5.74) is 1.88. The molecule has 2 amide bonds. The van der Waals surface area contributed by atoms with Crippen LogP contribution in [-0.4, -0.2) is 54.7 Å². The summed E-state index contributed by atoms with van der Waals surface area (Å²) in [5, 5.41) is 14.3. The molecule has 0 bridgehead atoms. The summed E-state index contributed by atoms with van der Waals surface area (Å²) in [7, 11) is 0. The first kappa shape index (κ1) is 20.6. The second kappa shape index (κ2) is 9.42. The van der Waals surface area contributed by atoms with Crippen molar-refractivity contribution >= 4 is 44.9 Å². The molecule has 0 saturated carbocycles. The van der Waals surface area contributed by atoms with Crippen molar-refractivity contribution < 1.29 is 9.59 Å². The number of amides is 2. The molecule has 2 aromatic rings. The van der Waals surface area contributed by atoms with Crippen molar-refractivity contribution in [2.75, 3.05) is 47.8 Å². The van der Waals surface area contributed by atoms with Gasteiger partial charge in [-0.3, -0.25) is 9.59 Å². The van der Waals surface area contributed by atoms with Crippen LogP contribution in [0.5, 0.6) is 0 Å². The molecule has 9 heteroatoms. The van der Waals surface area contributed by atoms with E-state index in [0.717, 1.165) is 28.9 Å². The first-order chi connectivity index (χ1) is 14.6. The van der Waals surface area contributed by atoms with Gasteiger partial charge in [0.05, 0.1) is 17.8 Å². The minimum atomic E-state index is -0.338. The largest absolute Gasteiger partial charge is 0.370 e. The van der Waals surface area contributed by atoms with Crippen molar-refractivity contribution in [3.63, 3.8) is 0 Å². The zero-order valence-corrected chi connectivity index (χ0v) is 18.3. The number of anilines is 3.